The zero-order valence-corrected chi connectivity index (χ0v) is 18.8. The van der Waals surface area contributed by atoms with Crippen LogP contribution in [0.5, 0.6) is 0 Å². The standard InChI is InChI=1S/C20H17Cl2N3O3S2/c21-15-5-6-18(22)14(9-15)11-17-12-23-20(29-17)24-19(26)13-3-1-4-16(10-13)25-7-2-8-30(25,27)28/h1,3-6,9-10,12H,2,7-8,11H2,(H,23,24,26). The summed E-state index contributed by atoms with van der Waals surface area (Å²) >= 11 is 13.6. The summed E-state index contributed by atoms with van der Waals surface area (Å²) in [6.07, 6.45) is 2.82. The van der Waals surface area contributed by atoms with Crippen molar-refractivity contribution in [1.82, 2.24) is 4.98 Å². The second-order valence-corrected chi connectivity index (χ2v) is 10.8. The number of carbonyl (C=O) groups excluding carboxylic acids is 1. The van der Waals surface area contributed by atoms with E-state index in [4.69, 9.17) is 23.2 Å². The van der Waals surface area contributed by atoms with E-state index in [2.05, 4.69) is 10.3 Å². The highest BCUT2D eigenvalue weighted by molar-refractivity contribution is 7.93. The molecule has 2 heterocycles. The minimum absolute atomic E-state index is 0.127. The van der Waals surface area contributed by atoms with Crippen LogP contribution >= 0.6 is 34.5 Å². The number of halogens is 2. The highest BCUT2D eigenvalue weighted by Gasteiger charge is 2.28. The second kappa shape index (κ2) is 8.55. The Bertz CT molecular complexity index is 1210. The Hall–Kier alpha value is -2.13. The van der Waals surface area contributed by atoms with Crippen molar-refractivity contribution in [2.45, 2.75) is 12.8 Å². The van der Waals surface area contributed by atoms with Gasteiger partial charge in [-0.05, 0) is 48.4 Å². The molecule has 1 fully saturated rings. The summed E-state index contributed by atoms with van der Waals surface area (Å²) in [4.78, 5) is 17.8. The maximum Gasteiger partial charge on any atom is 0.257 e. The molecule has 0 unspecified atom stereocenters. The minimum atomic E-state index is -3.30. The molecule has 0 atom stereocenters. The third-order valence-corrected chi connectivity index (χ3v) is 8.03. The SMILES string of the molecule is O=C(Nc1ncc(Cc2cc(Cl)ccc2Cl)s1)c1cccc(N2CCCS2(=O)=O)c1. The largest absolute Gasteiger partial charge is 0.298 e. The fourth-order valence-electron chi connectivity index (χ4n) is 3.21. The minimum Gasteiger partial charge on any atom is -0.298 e. The predicted octanol–water partition coefficient (Wildman–Crippen LogP) is 4.83. The van der Waals surface area contributed by atoms with Gasteiger partial charge in [0.15, 0.2) is 5.13 Å². The van der Waals surface area contributed by atoms with E-state index >= 15 is 0 Å². The number of hydrogen-bond donors (Lipinski definition) is 1. The van der Waals surface area contributed by atoms with Crippen LogP contribution in [0.4, 0.5) is 10.8 Å². The molecule has 0 radical (unpaired) electrons. The number of hydrogen-bond acceptors (Lipinski definition) is 5. The van der Waals surface area contributed by atoms with Gasteiger partial charge in [-0.1, -0.05) is 29.3 Å². The number of benzene rings is 2. The summed E-state index contributed by atoms with van der Waals surface area (Å²) in [5, 5.41) is 4.44. The first-order chi connectivity index (χ1) is 14.3. The zero-order valence-electron chi connectivity index (χ0n) is 15.6. The van der Waals surface area contributed by atoms with Crippen molar-refractivity contribution in [3.8, 4) is 0 Å². The smallest absolute Gasteiger partial charge is 0.257 e. The number of nitrogens with zero attached hydrogens (tertiary/aromatic N) is 2. The van der Waals surface area contributed by atoms with Gasteiger partial charge in [0.1, 0.15) is 0 Å². The summed E-state index contributed by atoms with van der Waals surface area (Å²) in [7, 11) is -3.30. The van der Waals surface area contributed by atoms with E-state index in [9.17, 15) is 13.2 Å². The molecule has 2 aromatic carbocycles. The molecule has 0 spiro atoms. The molecule has 4 rings (SSSR count). The molecule has 1 aliphatic heterocycles. The van der Waals surface area contributed by atoms with Gasteiger partial charge in [-0.3, -0.25) is 14.4 Å². The molecule has 3 aromatic rings. The van der Waals surface area contributed by atoms with E-state index in [0.717, 1.165) is 10.4 Å². The van der Waals surface area contributed by atoms with Crippen molar-refractivity contribution < 1.29 is 13.2 Å². The summed E-state index contributed by atoms with van der Waals surface area (Å²) < 4.78 is 25.6. The monoisotopic (exact) mass is 481 g/mol. The molecule has 1 aromatic heterocycles. The van der Waals surface area contributed by atoms with E-state index < -0.39 is 10.0 Å². The lowest BCUT2D eigenvalue weighted by atomic mass is 10.1. The van der Waals surface area contributed by atoms with Crippen molar-refractivity contribution >= 4 is 61.3 Å². The fraction of sp³-hybridized carbons (Fsp3) is 0.200. The van der Waals surface area contributed by atoms with Crippen LogP contribution < -0.4 is 9.62 Å². The first kappa shape index (κ1) is 21.1. The van der Waals surface area contributed by atoms with Gasteiger partial charge in [-0.15, -0.1) is 11.3 Å². The molecule has 156 valence electrons. The third-order valence-electron chi connectivity index (χ3n) is 4.64. The number of rotatable bonds is 5. The average molecular weight is 482 g/mol. The van der Waals surface area contributed by atoms with Crippen LogP contribution in [0, 0.1) is 0 Å². The number of aromatic nitrogens is 1. The summed E-state index contributed by atoms with van der Waals surface area (Å²) in [6.45, 7) is 0.426. The number of amides is 1. The highest BCUT2D eigenvalue weighted by atomic mass is 35.5. The number of sulfonamides is 1. The number of nitrogens with one attached hydrogen (secondary N) is 1. The maximum atomic E-state index is 12.7. The summed E-state index contributed by atoms with van der Waals surface area (Å²) in [6, 6.07) is 11.9. The lowest BCUT2D eigenvalue weighted by Crippen LogP contribution is -2.25. The molecule has 1 saturated heterocycles. The topological polar surface area (TPSA) is 79.4 Å². The summed E-state index contributed by atoms with van der Waals surface area (Å²) in [5.41, 5.74) is 1.74. The Morgan fingerprint density at radius 3 is 2.80 bits per heavy atom. The molecule has 10 heteroatoms. The highest BCUT2D eigenvalue weighted by Crippen LogP contribution is 2.28. The molecule has 30 heavy (non-hydrogen) atoms. The maximum absolute atomic E-state index is 12.7. The number of carbonyl (C=O) groups is 1. The van der Waals surface area contributed by atoms with Gasteiger partial charge in [0, 0.05) is 39.6 Å². The quantitative estimate of drug-likeness (QED) is 0.565. The molecular weight excluding hydrogens is 465 g/mol. The predicted molar refractivity (Wildman–Crippen MR) is 122 cm³/mol. The van der Waals surface area contributed by atoms with Gasteiger partial charge in [0.05, 0.1) is 11.4 Å². The zero-order chi connectivity index (χ0) is 21.3. The molecule has 0 aliphatic carbocycles. The van der Waals surface area contributed by atoms with E-state index in [0.29, 0.717) is 45.8 Å². The Labute approximate surface area is 188 Å². The summed E-state index contributed by atoms with van der Waals surface area (Å²) in [5.74, 6) is -0.225. The first-order valence-electron chi connectivity index (χ1n) is 9.12. The molecular formula is C20H17Cl2N3O3S2. The van der Waals surface area contributed by atoms with Crippen molar-refractivity contribution in [1.29, 1.82) is 0 Å². The Morgan fingerprint density at radius 2 is 2.03 bits per heavy atom. The van der Waals surface area contributed by atoms with E-state index in [1.54, 1.807) is 48.7 Å². The third kappa shape index (κ3) is 4.62. The molecule has 1 amide bonds. The van der Waals surface area contributed by atoms with Crippen molar-refractivity contribution in [3.05, 3.63) is 74.7 Å². The van der Waals surface area contributed by atoms with Crippen LogP contribution in [0.1, 0.15) is 27.2 Å². The second-order valence-electron chi connectivity index (χ2n) is 6.79. The van der Waals surface area contributed by atoms with Crippen molar-refractivity contribution in [3.63, 3.8) is 0 Å². The van der Waals surface area contributed by atoms with E-state index in [1.165, 1.54) is 15.6 Å². The lowest BCUT2D eigenvalue weighted by molar-refractivity contribution is 0.102. The van der Waals surface area contributed by atoms with Crippen LogP contribution in [0.25, 0.3) is 0 Å². The number of anilines is 2. The van der Waals surface area contributed by atoms with Crippen LogP contribution in [0.15, 0.2) is 48.7 Å². The Balaban J connectivity index is 1.47. The molecule has 6 nitrogen and oxygen atoms in total. The molecule has 0 saturated carbocycles. The van der Waals surface area contributed by atoms with Gasteiger partial charge in [0.25, 0.3) is 5.91 Å². The Kier molecular flexibility index (Phi) is 6.02. The van der Waals surface area contributed by atoms with Gasteiger partial charge < -0.3 is 0 Å². The Morgan fingerprint density at radius 1 is 1.20 bits per heavy atom. The van der Waals surface area contributed by atoms with Crippen LogP contribution in [0.3, 0.4) is 0 Å². The van der Waals surface area contributed by atoms with Gasteiger partial charge in [-0.2, -0.15) is 0 Å². The van der Waals surface area contributed by atoms with Crippen molar-refractivity contribution in [2.75, 3.05) is 21.9 Å². The van der Waals surface area contributed by atoms with Crippen LogP contribution in [0.2, 0.25) is 10.0 Å². The number of thiazole rings is 1. The molecule has 1 aliphatic rings. The van der Waals surface area contributed by atoms with Crippen LogP contribution in [-0.2, 0) is 16.4 Å². The van der Waals surface area contributed by atoms with Gasteiger partial charge >= 0.3 is 0 Å². The lowest BCUT2D eigenvalue weighted by Gasteiger charge is -2.17. The van der Waals surface area contributed by atoms with Crippen LogP contribution in [-0.4, -0.2) is 31.6 Å². The fourth-order valence-corrected chi connectivity index (χ4v) is 5.98. The average Bonchev–Trinajstić information content (AvgIpc) is 3.30. The van der Waals surface area contributed by atoms with E-state index in [-0.39, 0.29) is 11.7 Å². The van der Waals surface area contributed by atoms with Gasteiger partial charge in [0.2, 0.25) is 10.0 Å². The normalized spacial score (nSPS) is 15.3. The van der Waals surface area contributed by atoms with E-state index in [1.807, 2.05) is 0 Å². The van der Waals surface area contributed by atoms with Crippen molar-refractivity contribution in [2.24, 2.45) is 0 Å². The first-order valence-corrected chi connectivity index (χ1v) is 12.3. The molecule has 1 N–H and O–H groups in total. The molecule has 0 bridgehead atoms. The van der Waals surface area contributed by atoms with Gasteiger partial charge in [-0.25, -0.2) is 13.4 Å².